The van der Waals surface area contributed by atoms with E-state index in [4.69, 9.17) is 11.6 Å². The lowest BCUT2D eigenvalue weighted by Gasteiger charge is -2.56. The molecule has 4 fully saturated rings. The minimum atomic E-state index is -0.965. The van der Waals surface area contributed by atoms with E-state index in [0.29, 0.717) is 10.6 Å². The Hall–Kier alpha value is -2.33. The lowest BCUT2D eigenvalue weighted by molar-refractivity contribution is -0.0503. The van der Waals surface area contributed by atoms with Crippen LogP contribution in [0.2, 0.25) is 5.02 Å². The second-order valence-electron chi connectivity index (χ2n) is 10.2. The van der Waals surface area contributed by atoms with Gasteiger partial charge in [-0.2, -0.15) is 0 Å². The molecule has 4 nitrogen and oxygen atoms in total. The highest BCUT2D eigenvalue weighted by Crippen LogP contribution is 2.59. The highest BCUT2D eigenvalue weighted by atomic mass is 35.5. The van der Waals surface area contributed by atoms with Crippen LogP contribution in [-0.2, 0) is 0 Å². The summed E-state index contributed by atoms with van der Waals surface area (Å²) >= 11 is 6.39. The lowest BCUT2D eigenvalue weighted by Crippen LogP contribution is -2.51. The quantitative estimate of drug-likeness (QED) is 0.606. The van der Waals surface area contributed by atoms with Crippen LogP contribution in [0.25, 0.3) is 11.1 Å². The fraction of sp³-hybridized carbons (Fsp3) is 0.462. The van der Waals surface area contributed by atoms with Gasteiger partial charge in [-0.25, -0.2) is 4.79 Å². The third kappa shape index (κ3) is 3.98. The molecule has 0 spiro atoms. The van der Waals surface area contributed by atoms with E-state index in [9.17, 15) is 14.7 Å². The molecule has 5 heteroatoms. The molecule has 4 saturated carbocycles. The van der Waals surface area contributed by atoms with E-state index in [0.717, 1.165) is 41.0 Å². The summed E-state index contributed by atoms with van der Waals surface area (Å²) in [5.74, 6) is 1.43. The number of halogens is 1. The van der Waals surface area contributed by atoms with Crippen LogP contribution in [0.1, 0.15) is 64.8 Å². The average Bonchev–Trinajstić information content (AvgIpc) is 2.71. The first-order valence-electron chi connectivity index (χ1n) is 11.2. The van der Waals surface area contributed by atoms with E-state index >= 15 is 0 Å². The number of carbonyl (C=O) groups is 2. The normalized spacial score (nSPS) is 28.5. The number of amides is 1. The highest BCUT2D eigenvalue weighted by molar-refractivity contribution is 6.34. The summed E-state index contributed by atoms with van der Waals surface area (Å²) in [5, 5.41) is 13.0. The van der Waals surface area contributed by atoms with Crippen molar-refractivity contribution >= 4 is 23.5 Å². The van der Waals surface area contributed by atoms with Gasteiger partial charge in [0.2, 0.25) is 0 Å². The van der Waals surface area contributed by atoms with E-state index < -0.39 is 5.97 Å². The minimum absolute atomic E-state index is 0.145. The van der Waals surface area contributed by atoms with Gasteiger partial charge in [0.1, 0.15) is 0 Å². The van der Waals surface area contributed by atoms with Gasteiger partial charge in [-0.1, -0.05) is 23.7 Å². The Labute approximate surface area is 188 Å². The Morgan fingerprint density at radius 3 is 2.26 bits per heavy atom. The number of rotatable bonds is 5. The SMILES string of the molecule is Cc1cc(C(=O)O)cc(-c2ccc(Cl)c(C(=O)NCC34CC5CC(CC(C5)C3)C4)c2)c1. The highest BCUT2D eigenvalue weighted by Gasteiger charge is 2.50. The first kappa shape index (κ1) is 20.6. The maximum atomic E-state index is 13.1. The fourth-order valence-electron chi connectivity index (χ4n) is 6.82. The number of carbonyl (C=O) groups excluding carboxylic acids is 1. The summed E-state index contributed by atoms with van der Waals surface area (Å²) in [6.07, 6.45) is 7.89. The molecule has 4 bridgehead atoms. The Morgan fingerprint density at radius 2 is 1.65 bits per heavy atom. The van der Waals surface area contributed by atoms with Crippen molar-refractivity contribution in [2.75, 3.05) is 6.54 Å². The van der Waals surface area contributed by atoms with Crippen LogP contribution in [0.15, 0.2) is 36.4 Å². The molecule has 0 atom stereocenters. The summed E-state index contributed by atoms with van der Waals surface area (Å²) in [6, 6.07) is 10.5. The van der Waals surface area contributed by atoms with Gasteiger partial charge < -0.3 is 10.4 Å². The van der Waals surface area contributed by atoms with Crippen LogP contribution < -0.4 is 5.32 Å². The third-order valence-electron chi connectivity index (χ3n) is 7.66. The topological polar surface area (TPSA) is 66.4 Å². The minimum Gasteiger partial charge on any atom is -0.478 e. The van der Waals surface area contributed by atoms with E-state index in [-0.39, 0.29) is 16.9 Å². The lowest BCUT2D eigenvalue weighted by atomic mass is 9.49. The maximum Gasteiger partial charge on any atom is 0.335 e. The van der Waals surface area contributed by atoms with E-state index in [1.807, 2.05) is 19.1 Å². The van der Waals surface area contributed by atoms with Crippen LogP contribution in [0, 0.1) is 30.1 Å². The number of carboxylic acids is 1. The van der Waals surface area contributed by atoms with E-state index in [1.54, 1.807) is 24.3 Å². The Bertz CT molecular complexity index is 1030. The largest absolute Gasteiger partial charge is 0.478 e. The molecule has 2 aromatic rings. The molecule has 0 aliphatic heterocycles. The van der Waals surface area contributed by atoms with Crippen LogP contribution in [0.5, 0.6) is 0 Å². The second kappa shape index (κ2) is 7.67. The standard InChI is InChI=1S/C26H28ClNO3/c1-15-4-20(9-21(5-15)25(30)31)19-2-3-23(27)22(10-19)24(29)28-14-26-11-16-6-17(12-26)8-18(7-16)13-26/h2-5,9-10,16-18H,6-8,11-14H2,1H3,(H,28,29)(H,30,31). The van der Waals surface area contributed by atoms with Crippen molar-refractivity contribution in [1.29, 1.82) is 0 Å². The van der Waals surface area contributed by atoms with Crippen LogP contribution in [0.4, 0.5) is 0 Å². The number of nitrogens with one attached hydrogen (secondary N) is 1. The molecule has 162 valence electrons. The average molecular weight is 438 g/mol. The molecule has 2 N–H and O–H groups in total. The molecule has 6 rings (SSSR count). The Balaban J connectivity index is 1.36. The summed E-state index contributed by atoms with van der Waals surface area (Å²) in [7, 11) is 0. The van der Waals surface area contributed by atoms with Crippen LogP contribution >= 0.6 is 11.6 Å². The van der Waals surface area contributed by atoms with Gasteiger partial charge in [-0.05, 0) is 110 Å². The molecule has 31 heavy (non-hydrogen) atoms. The monoisotopic (exact) mass is 437 g/mol. The van der Waals surface area contributed by atoms with Gasteiger partial charge in [-0.3, -0.25) is 4.79 Å². The van der Waals surface area contributed by atoms with Crippen molar-refractivity contribution < 1.29 is 14.7 Å². The van der Waals surface area contributed by atoms with Crippen molar-refractivity contribution in [3.8, 4) is 11.1 Å². The number of hydrogen-bond acceptors (Lipinski definition) is 2. The molecule has 0 radical (unpaired) electrons. The van der Waals surface area contributed by atoms with Gasteiger partial charge >= 0.3 is 5.97 Å². The zero-order valence-electron chi connectivity index (χ0n) is 17.8. The third-order valence-corrected chi connectivity index (χ3v) is 7.99. The van der Waals surface area contributed by atoms with Gasteiger partial charge in [0, 0.05) is 6.54 Å². The Morgan fingerprint density at radius 1 is 1.00 bits per heavy atom. The zero-order valence-corrected chi connectivity index (χ0v) is 18.5. The maximum absolute atomic E-state index is 13.1. The molecule has 1 amide bonds. The first-order chi connectivity index (χ1) is 14.8. The molecule has 0 aromatic heterocycles. The summed E-state index contributed by atoms with van der Waals surface area (Å²) in [4.78, 5) is 24.5. The zero-order chi connectivity index (χ0) is 21.8. The molecular formula is C26H28ClNO3. The van der Waals surface area contributed by atoms with E-state index in [2.05, 4.69) is 5.32 Å². The smallest absolute Gasteiger partial charge is 0.335 e. The summed E-state index contributed by atoms with van der Waals surface area (Å²) < 4.78 is 0. The second-order valence-corrected chi connectivity index (χ2v) is 10.6. The van der Waals surface area contributed by atoms with Gasteiger partial charge in [-0.15, -0.1) is 0 Å². The van der Waals surface area contributed by atoms with Crippen molar-refractivity contribution in [3.63, 3.8) is 0 Å². The summed E-state index contributed by atoms with van der Waals surface area (Å²) in [5.41, 5.74) is 3.36. The molecule has 4 aliphatic carbocycles. The van der Waals surface area contributed by atoms with Gasteiger partial charge in [0.25, 0.3) is 5.91 Å². The molecule has 0 unspecified atom stereocenters. The Kier molecular flexibility index (Phi) is 5.09. The molecule has 4 aliphatic rings. The van der Waals surface area contributed by atoms with Gasteiger partial charge in [0.15, 0.2) is 0 Å². The van der Waals surface area contributed by atoms with Gasteiger partial charge in [0.05, 0.1) is 16.1 Å². The predicted molar refractivity (Wildman–Crippen MR) is 122 cm³/mol. The number of hydrogen-bond donors (Lipinski definition) is 2. The predicted octanol–water partition coefficient (Wildman–Crippen LogP) is 5.96. The number of aryl methyl sites for hydroxylation is 1. The first-order valence-corrected chi connectivity index (χ1v) is 11.6. The molecule has 0 heterocycles. The van der Waals surface area contributed by atoms with Crippen molar-refractivity contribution in [3.05, 3.63) is 58.1 Å². The fourth-order valence-corrected chi connectivity index (χ4v) is 7.02. The van der Waals surface area contributed by atoms with Crippen molar-refractivity contribution in [2.24, 2.45) is 23.2 Å². The molecule has 2 aromatic carbocycles. The summed E-state index contributed by atoms with van der Waals surface area (Å²) in [6.45, 7) is 2.59. The van der Waals surface area contributed by atoms with Crippen molar-refractivity contribution in [2.45, 2.75) is 45.4 Å². The van der Waals surface area contributed by atoms with Crippen LogP contribution in [-0.4, -0.2) is 23.5 Å². The number of benzene rings is 2. The van der Waals surface area contributed by atoms with Crippen molar-refractivity contribution in [1.82, 2.24) is 5.32 Å². The van der Waals surface area contributed by atoms with E-state index in [1.165, 1.54) is 38.5 Å². The molecule has 0 saturated heterocycles. The molecular weight excluding hydrogens is 410 g/mol. The van der Waals surface area contributed by atoms with Crippen LogP contribution in [0.3, 0.4) is 0 Å². The number of carboxylic acid groups (broad SMARTS) is 1. The number of aromatic carboxylic acids is 1.